The van der Waals surface area contributed by atoms with Gasteiger partial charge in [0.2, 0.25) is 0 Å². The summed E-state index contributed by atoms with van der Waals surface area (Å²) in [7, 11) is 0. The lowest BCUT2D eigenvalue weighted by Gasteiger charge is -2.45. The first kappa shape index (κ1) is 21.3. The molecule has 4 rings (SSSR count). The zero-order chi connectivity index (χ0) is 22.7. The molecule has 3 aromatic rings. The molecule has 2 N–H and O–H groups in total. The van der Waals surface area contributed by atoms with Gasteiger partial charge in [-0.25, -0.2) is 8.78 Å². The first-order valence-corrected chi connectivity index (χ1v) is 10.5. The van der Waals surface area contributed by atoms with Crippen molar-refractivity contribution in [3.05, 3.63) is 53.7 Å². The number of ether oxygens (including phenoxy) is 1. The number of aromatic nitrogens is 1. The number of carbonyl (C=O) groups excluding carboxylic acids is 1. The molecule has 0 bridgehead atoms. The van der Waals surface area contributed by atoms with Crippen LogP contribution in [-0.2, 0) is 9.53 Å². The van der Waals surface area contributed by atoms with Gasteiger partial charge >= 0.3 is 5.97 Å². The summed E-state index contributed by atoms with van der Waals surface area (Å²) in [6.45, 7) is 10.9. The van der Waals surface area contributed by atoms with Crippen molar-refractivity contribution in [2.24, 2.45) is 5.41 Å². The zero-order valence-electron chi connectivity index (χ0n) is 18.7. The van der Waals surface area contributed by atoms with Crippen LogP contribution in [0, 0.1) is 17.0 Å². The second-order valence-corrected chi connectivity index (χ2v) is 9.97. The van der Waals surface area contributed by atoms with Crippen LogP contribution in [0.15, 0.2) is 36.5 Å². The highest BCUT2D eigenvalue weighted by Gasteiger charge is 2.45. The molecule has 0 spiro atoms. The normalized spacial score (nSPS) is 20.3. The quantitative estimate of drug-likeness (QED) is 0.468. The van der Waals surface area contributed by atoms with Gasteiger partial charge in [-0.05, 0) is 52.1 Å². The fourth-order valence-corrected chi connectivity index (χ4v) is 4.46. The fraction of sp³-hybridized carbons (Fsp3) is 0.400. The topological polar surface area (TPSA) is 54.1 Å². The van der Waals surface area contributed by atoms with Gasteiger partial charge in [-0.3, -0.25) is 4.79 Å². The van der Waals surface area contributed by atoms with Gasteiger partial charge in [0, 0.05) is 28.9 Å². The van der Waals surface area contributed by atoms with E-state index in [1.165, 1.54) is 6.07 Å². The van der Waals surface area contributed by atoms with Gasteiger partial charge in [0.25, 0.3) is 0 Å². The molecule has 6 heteroatoms. The molecule has 0 amide bonds. The molecule has 1 aromatic heterocycles. The molecule has 164 valence electrons. The van der Waals surface area contributed by atoms with Crippen LogP contribution in [0.4, 0.5) is 14.5 Å². The number of H-pyrrole nitrogens is 1. The minimum absolute atomic E-state index is 0.0824. The Balaban J connectivity index is 1.86. The van der Waals surface area contributed by atoms with Crippen molar-refractivity contribution in [1.29, 1.82) is 0 Å². The van der Waals surface area contributed by atoms with E-state index >= 15 is 8.78 Å². The van der Waals surface area contributed by atoms with Crippen molar-refractivity contribution in [2.75, 3.05) is 5.32 Å². The van der Waals surface area contributed by atoms with Crippen LogP contribution < -0.4 is 5.32 Å². The fourth-order valence-electron chi connectivity index (χ4n) is 4.46. The Hall–Kier alpha value is -2.89. The monoisotopic (exact) mass is 426 g/mol. The van der Waals surface area contributed by atoms with E-state index in [9.17, 15) is 4.79 Å². The number of hydrogen-bond donors (Lipinski definition) is 2. The van der Waals surface area contributed by atoms with E-state index in [0.717, 1.165) is 5.39 Å². The second kappa shape index (κ2) is 7.08. The van der Waals surface area contributed by atoms with Gasteiger partial charge in [0.15, 0.2) is 0 Å². The van der Waals surface area contributed by atoms with E-state index < -0.39 is 34.6 Å². The molecule has 31 heavy (non-hydrogen) atoms. The first-order valence-electron chi connectivity index (χ1n) is 10.5. The Morgan fingerprint density at radius 3 is 2.55 bits per heavy atom. The SMILES string of the molecule is C[C@H]1c2c(cc(F)c(-c3cccc4cc[nH]c34)c2F)NC(C)(C)[C@@H]1OC(=O)C(C)(C)C. The van der Waals surface area contributed by atoms with Crippen LogP contribution in [-0.4, -0.2) is 22.6 Å². The molecule has 1 aliphatic heterocycles. The number of halogens is 2. The molecule has 4 nitrogen and oxygen atoms in total. The Morgan fingerprint density at radius 2 is 1.87 bits per heavy atom. The number of benzene rings is 2. The summed E-state index contributed by atoms with van der Waals surface area (Å²) in [5.41, 5.74) is 0.372. The Bertz CT molecular complexity index is 1170. The lowest BCUT2D eigenvalue weighted by molar-refractivity contribution is -0.162. The van der Waals surface area contributed by atoms with Gasteiger partial charge in [0.1, 0.15) is 17.7 Å². The second-order valence-electron chi connectivity index (χ2n) is 9.97. The molecule has 2 heterocycles. The van der Waals surface area contributed by atoms with Crippen molar-refractivity contribution in [3.63, 3.8) is 0 Å². The van der Waals surface area contributed by atoms with Crippen LogP contribution in [0.1, 0.15) is 53.0 Å². The Kier molecular flexibility index (Phi) is 4.87. The van der Waals surface area contributed by atoms with Crippen molar-refractivity contribution in [2.45, 2.75) is 59.1 Å². The predicted octanol–water partition coefficient (Wildman–Crippen LogP) is 6.38. The largest absolute Gasteiger partial charge is 0.459 e. The van der Waals surface area contributed by atoms with Crippen molar-refractivity contribution in [1.82, 2.24) is 4.98 Å². The molecular weight excluding hydrogens is 398 g/mol. The standard InChI is InChI=1S/C25H28F2N2O2/c1-13-18-17(29-25(5,6)22(13)31-23(30)24(2,3)4)12-16(26)19(20(18)27)15-9-7-8-14-10-11-28-21(14)15/h7-13,22,28-29H,1-6H3/t13-,22+/m0/s1. The summed E-state index contributed by atoms with van der Waals surface area (Å²) >= 11 is 0. The maximum absolute atomic E-state index is 15.9. The highest BCUT2D eigenvalue weighted by Crippen LogP contribution is 2.46. The number of fused-ring (bicyclic) bond motifs is 2. The molecule has 2 aromatic carbocycles. The van der Waals surface area contributed by atoms with E-state index in [1.54, 1.807) is 39.1 Å². The van der Waals surface area contributed by atoms with E-state index in [0.29, 0.717) is 22.3 Å². The van der Waals surface area contributed by atoms with E-state index in [-0.39, 0.29) is 11.5 Å². The summed E-state index contributed by atoms with van der Waals surface area (Å²) < 4.78 is 37.0. The third kappa shape index (κ3) is 3.48. The summed E-state index contributed by atoms with van der Waals surface area (Å²) in [6.07, 6.45) is 1.12. The highest BCUT2D eigenvalue weighted by molar-refractivity contribution is 5.95. The average molecular weight is 427 g/mol. The van der Waals surface area contributed by atoms with E-state index in [1.807, 2.05) is 32.9 Å². The summed E-state index contributed by atoms with van der Waals surface area (Å²) in [6, 6.07) is 8.58. The van der Waals surface area contributed by atoms with Crippen LogP contribution in [0.25, 0.3) is 22.0 Å². The molecule has 0 fully saturated rings. The molecule has 1 aliphatic rings. The van der Waals surface area contributed by atoms with Gasteiger partial charge in [-0.15, -0.1) is 0 Å². The third-order valence-corrected chi connectivity index (χ3v) is 6.04. The first-order chi connectivity index (χ1) is 14.4. The number of anilines is 1. The summed E-state index contributed by atoms with van der Waals surface area (Å²) in [5.74, 6) is -2.11. The number of rotatable bonds is 2. The van der Waals surface area contributed by atoms with Gasteiger partial charge in [0.05, 0.1) is 22.0 Å². The van der Waals surface area contributed by atoms with Crippen LogP contribution in [0.2, 0.25) is 0 Å². The van der Waals surface area contributed by atoms with Crippen LogP contribution in [0.5, 0.6) is 0 Å². The molecule has 2 atom stereocenters. The lowest BCUT2D eigenvalue weighted by Crippen LogP contribution is -2.53. The Labute approximate surface area is 181 Å². The summed E-state index contributed by atoms with van der Waals surface area (Å²) in [4.78, 5) is 15.7. The van der Waals surface area contributed by atoms with E-state index in [4.69, 9.17) is 4.74 Å². The minimum Gasteiger partial charge on any atom is -0.459 e. The lowest BCUT2D eigenvalue weighted by atomic mass is 9.77. The molecule has 0 unspecified atom stereocenters. The molecule has 0 aliphatic carbocycles. The average Bonchev–Trinajstić information content (AvgIpc) is 3.12. The molecule has 0 saturated heterocycles. The van der Waals surface area contributed by atoms with Gasteiger partial charge < -0.3 is 15.0 Å². The zero-order valence-corrected chi connectivity index (χ0v) is 18.7. The number of hydrogen-bond acceptors (Lipinski definition) is 3. The maximum atomic E-state index is 15.9. The van der Waals surface area contributed by atoms with Crippen LogP contribution in [0.3, 0.4) is 0 Å². The van der Waals surface area contributed by atoms with E-state index in [2.05, 4.69) is 10.3 Å². The molecule has 0 saturated carbocycles. The predicted molar refractivity (Wildman–Crippen MR) is 119 cm³/mol. The minimum atomic E-state index is -0.701. The van der Waals surface area contributed by atoms with Crippen molar-refractivity contribution in [3.8, 4) is 11.1 Å². The third-order valence-electron chi connectivity index (χ3n) is 6.04. The Morgan fingerprint density at radius 1 is 1.16 bits per heavy atom. The maximum Gasteiger partial charge on any atom is 0.311 e. The van der Waals surface area contributed by atoms with Crippen molar-refractivity contribution >= 4 is 22.6 Å². The molecule has 0 radical (unpaired) electrons. The highest BCUT2D eigenvalue weighted by atomic mass is 19.1. The van der Waals surface area contributed by atoms with Gasteiger partial charge in [-0.2, -0.15) is 0 Å². The van der Waals surface area contributed by atoms with Crippen LogP contribution >= 0.6 is 0 Å². The molecular formula is C25H28F2N2O2. The summed E-state index contributed by atoms with van der Waals surface area (Å²) in [5, 5.41) is 4.07. The number of carbonyl (C=O) groups is 1. The number of para-hydroxylation sites is 1. The number of aromatic amines is 1. The van der Waals surface area contributed by atoms with Gasteiger partial charge in [-0.1, -0.05) is 25.1 Å². The number of nitrogens with one attached hydrogen (secondary N) is 2. The smallest absolute Gasteiger partial charge is 0.311 e. The van der Waals surface area contributed by atoms with Crippen molar-refractivity contribution < 1.29 is 18.3 Å². The number of esters is 1.